The summed E-state index contributed by atoms with van der Waals surface area (Å²) in [5.41, 5.74) is -0.348. The molecule has 1 N–H and O–H groups in total. The summed E-state index contributed by atoms with van der Waals surface area (Å²) in [4.78, 5) is 13.9. The lowest BCUT2D eigenvalue weighted by atomic mass is 10.0. The maximum Gasteiger partial charge on any atom is 0.225 e. The molecule has 0 aromatic carbocycles. The molecule has 2 aliphatic heterocycles. The van der Waals surface area contributed by atoms with Crippen molar-refractivity contribution in [2.45, 2.75) is 19.4 Å². The van der Waals surface area contributed by atoms with Gasteiger partial charge in [-0.25, -0.2) is 0 Å². The van der Waals surface area contributed by atoms with Crippen LogP contribution in [0.4, 0.5) is 0 Å². The van der Waals surface area contributed by atoms with E-state index in [1.165, 1.54) is 0 Å². The van der Waals surface area contributed by atoms with Crippen LogP contribution in [0.15, 0.2) is 0 Å². The van der Waals surface area contributed by atoms with Crippen LogP contribution in [0.3, 0.4) is 0 Å². The lowest BCUT2D eigenvalue weighted by Gasteiger charge is -2.42. The Kier molecular flexibility index (Phi) is 4.01. The average Bonchev–Trinajstić information content (AvgIpc) is 2.54. The summed E-state index contributed by atoms with van der Waals surface area (Å²) >= 11 is 0. The second-order valence-corrected chi connectivity index (χ2v) is 5.18. The fourth-order valence-corrected chi connectivity index (χ4v) is 2.36. The van der Waals surface area contributed by atoms with Gasteiger partial charge in [0.2, 0.25) is 5.91 Å². The van der Waals surface area contributed by atoms with Gasteiger partial charge in [0.05, 0.1) is 26.4 Å². The Morgan fingerprint density at radius 2 is 2.24 bits per heavy atom. The van der Waals surface area contributed by atoms with Crippen molar-refractivity contribution in [2.75, 3.05) is 46.0 Å². The molecule has 1 amide bonds. The van der Waals surface area contributed by atoms with Gasteiger partial charge >= 0.3 is 0 Å². The maximum atomic E-state index is 12.0. The number of nitrogens with one attached hydrogen (secondary N) is 1. The predicted molar refractivity (Wildman–Crippen MR) is 63.8 cm³/mol. The van der Waals surface area contributed by atoms with Crippen LogP contribution in [0.25, 0.3) is 0 Å². The predicted octanol–water partition coefficient (Wildman–Crippen LogP) is -0.140. The van der Waals surface area contributed by atoms with Crippen molar-refractivity contribution in [1.29, 1.82) is 0 Å². The number of amides is 1. The third-order valence-corrected chi connectivity index (χ3v) is 3.29. The van der Waals surface area contributed by atoms with E-state index in [2.05, 4.69) is 5.32 Å². The van der Waals surface area contributed by atoms with Crippen LogP contribution in [0.1, 0.15) is 13.8 Å². The summed E-state index contributed by atoms with van der Waals surface area (Å²) in [6, 6.07) is 0. The van der Waals surface area contributed by atoms with Crippen molar-refractivity contribution in [3.63, 3.8) is 0 Å². The zero-order valence-electron chi connectivity index (χ0n) is 10.7. The van der Waals surface area contributed by atoms with E-state index in [0.29, 0.717) is 32.9 Å². The topological polar surface area (TPSA) is 50.8 Å². The van der Waals surface area contributed by atoms with Crippen LogP contribution in [-0.4, -0.2) is 62.4 Å². The Morgan fingerprint density at radius 1 is 1.41 bits per heavy atom. The molecule has 5 heteroatoms. The van der Waals surface area contributed by atoms with E-state index in [1.54, 1.807) is 0 Å². The van der Waals surface area contributed by atoms with E-state index >= 15 is 0 Å². The van der Waals surface area contributed by atoms with Gasteiger partial charge in [0.25, 0.3) is 0 Å². The van der Waals surface area contributed by atoms with Crippen LogP contribution < -0.4 is 5.32 Å². The molecule has 2 heterocycles. The molecule has 17 heavy (non-hydrogen) atoms. The van der Waals surface area contributed by atoms with Crippen molar-refractivity contribution in [2.24, 2.45) is 5.92 Å². The summed E-state index contributed by atoms with van der Waals surface area (Å²) in [6.07, 6.45) is 0. The average molecular weight is 242 g/mol. The van der Waals surface area contributed by atoms with Gasteiger partial charge in [0.1, 0.15) is 5.60 Å². The quantitative estimate of drug-likeness (QED) is 0.695. The Balaban J connectivity index is 2.02. The molecule has 0 aromatic heterocycles. The lowest BCUT2D eigenvalue weighted by Crippen LogP contribution is -2.59. The molecule has 0 bridgehead atoms. The molecule has 5 nitrogen and oxygen atoms in total. The summed E-state index contributed by atoms with van der Waals surface area (Å²) in [7, 11) is 0. The molecule has 1 spiro atoms. The van der Waals surface area contributed by atoms with Crippen molar-refractivity contribution in [3.05, 3.63) is 0 Å². The number of carbonyl (C=O) groups is 1. The molecule has 2 saturated heterocycles. The minimum atomic E-state index is -0.348. The number of nitrogens with zero attached hydrogens (tertiary/aromatic N) is 1. The maximum absolute atomic E-state index is 12.0. The Labute approximate surface area is 102 Å². The molecule has 0 saturated carbocycles. The Morgan fingerprint density at radius 3 is 3.00 bits per heavy atom. The first-order valence-corrected chi connectivity index (χ1v) is 6.34. The Bertz CT molecular complexity index is 273. The molecular weight excluding hydrogens is 220 g/mol. The van der Waals surface area contributed by atoms with Gasteiger partial charge in [-0.1, -0.05) is 13.8 Å². The molecule has 98 valence electrons. The largest absolute Gasteiger partial charge is 0.377 e. The standard InChI is InChI=1S/C12H22N2O3/c1-10(2)11(15)14-4-6-17-12(8-14)7-13-3-5-16-9-12/h10,13H,3-9H2,1-2H3/t12-/m0/s1. The van der Waals surface area contributed by atoms with Crippen molar-refractivity contribution >= 4 is 5.91 Å². The highest BCUT2D eigenvalue weighted by atomic mass is 16.5. The third-order valence-electron chi connectivity index (χ3n) is 3.29. The zero-order valence-corrected chi connectivity index (χ0v) is 10.7. The van der Waals surface area contributed by atoms with Crippen LogP contribution in [-0.2, 0) is 14.3 Å². The van der Waals surface area contributed by atoms with Crippen LogP contribution in [0.2, 0.25) is 0 Å². The highest BCUT2D eigenvalue weighted by Gasteiger charge is 2.39. The van der Waals surface area contributed by atoms with Gasteiger partial charge in [0, 0.05) is 25.6 Å². The molecular formula is C12H22N2O3. The summed E-state index contributed by atoms with van der Waals surface area (Å²) < 4.78 is 11.4. The van der Waals surface area contributed by atoms with E-state index in [-0.39, 0.29) is 17.4 Å². The van der Waals surface area contributed by atoms with Crippen molar-refractivity contribution < 1.29 is 14.3 Å². The molecule has 1 atom stereocenters. The Hall–Kier alpha value is -0.650. The molecule has 0 aromatic rings. The lowest BCUT2D eigenvalue weighted by molar-refractivity contribution is -0.160. The number of hydrogen-bond acceptors (Lipinski definition) is 4. The van der Waals surface area contributed by atoms with E-state index in [0.717, 1.165) is 13.1 Å². The minimum Gasteiger partial charge on any atom is -0.377 e. The monoisotopic (exact) mass is 242 g/mol. The summed E-state index contributed by atoms with van der Waals surface area (Å²) in [5.74, 6) is 0.252. The number of hydrogen-bond donors (Lipinski definition) is 1. The first-order valence-electron chi connectivity index (χ1n) is 6.34. The van der Waals surface area contributed by atoms with Gasteiger partial charge in [-0.05, 0) is 0 Å². The van der Waals surface area contributed by atoms with E-state index in [4.69, 9.17) is 9.47 Å². The van der Waals surface area contributed by atoms with Gasteiger partial charge in [-0.2, -0.15) is 0 Å². The third kappa shape index (κ3) is 2.97. The molecule has 2 rings (SSSR count). The first kappa shape index (κ1) is 12.8. The smallest absolute Gasteiger partial charge is 0.225 e. The molecule has 0 unspecified atom stereocenters. The van der Waals surface area contributed by atoms with E-state index in [9.17, 15) is 4.79 Å². The van der Waals surface area contributed by atoms with Gasteiger partial charge < -0.3 is 19.7 Å². The van der Waals surface area contributed by atoms with E-state index in [1.807, 2.05) is 18.7 Å². The highest BCUT2D eigenvalue weighted by Crippen LogP contribution is 2.20. The SMILES string of the molecule is CC(C)C(=O)N1CCO[C@@]2(CNCCOC2)C1. The van der Waals surface area contributed by atoms with Crippen LogP contribution in [0.5, 0.6) is 0 Å². The number of morpholine rings is 1. The summed E-state index contributed by atoms with van der Waals surface area (Å²) in [5, 5.41) is 3.31. The van der Waals surface area contributed by atoms with E-state index < -0.39 is 0 Å². The van der Waals surface area contributed by atoms with Crippen molar-refractivity contribution in [3.8, 4) is 0 Å². The fourth-order valence-electron chi connectivity index (χ4n) is 2.36. The van der Waals surface area contributed by atoms with Gasteiger partial charge in [0.15, 0.2) is 0 Å². The normalized spacial score (nSPS) is 30.6. The van der Waals surface area contributed by atoms with Crippen LogP contribution in [0, 0.1) is 5.92 Å². The number of carbonyl (C=O) groups excluding carboxylic acids is 1. The highest BCUT2D eigenvalue weighted by molar-refractivity contribution is 5.78. The second-order valence-electron chi connectivity index (χ2n) is 5.18. The second kappa shape index (κ2) is 5.33. The number of ether oxygens (including phenoxy) is 2. The zero-order chi connectivity index (χ0) is 12.3. The van der Waals surface area contributed by atoms with Gasteiger partial charge in [-0.3, -0.25) is 4.79 Å². The number of rotatable bonds is 1. The van der Waals surface area contributed by atoms with Crippen molar-refractivity contribution in [1.82, 2.24) is 10.2 Å². The van der Waals surface area contributed by atoms with Gasteiger partial charge in [-0.15, -0.1) is 0 Å². The summed E-state index contributed by atoms with van der Waals surface area (Å²) in [6.45, 7) is 8.70. The molecule has 2 aliphatic rings. The molecule has 0 radical (unpaired) electrons. The molecule has 2 fully saturated rings. The molecule has 0 aliphatic carbocycles. The minimum absolute atomic E-state index is 0.0461. The first-order chi connectivity index (χ1) is 8.13. The van der Waals surface area contributed by atoms with Crippen LogP contribution >= 0.6 is 0 Å². The fraction of sp³-hybridized carbons (Fsp3) is 0.917.